The first-order chi connectivity index (χ1) is 17.0. The maximum Gasteiger partial charge on any atom is 0.361 e. The second kappa shape index (κ2) is 9.27. The van der Waals surface area contributed by atoms with Crippen molar-refractivity contribution < 1.29 is 19.4 Å². The molecule has 4 aliphatic carbocycles. The summed E-state index contributed by atoms with van der Waals surface area (Å²) in [6, 6.07) is 3.56. The van der Waals surface area contributed by atoms with Crippen LogP contribution < -0.4 is 11.4 Å². The predicted molar refractivity (Wildman–Crippen MR) is 138 cm³/mol. The van der Waals surface area contributed by atoms with E-state index >= 15 is 0 Å². The molecule has 4 aliphatic rings. The summed E-state index contributed by atoms with van der Waals surface area (Å²) in [6.07, 6.45) is 12.6. The van der Waals surface area contributed by atoms with Crippen LogP contribution in [0.25, 0.3) is 0 Å². The van der Waals surface area contributed by atoms with Crippen LogP contribution in [0, 0.1) is 46.3 Å². The molecule has 0 bridgehead atoms. The van der Waals surface area contributed by atoms with E-state index in [2.05, 4.69) is 32.6 Å². The fourth-order valence-corrected chi connectivity index (χ4v) is 10.0. The molecule has 9 unspecified atom stereocenters. The van der Waals surface area contributed by atoms with E-state index in [1.165, 1.54) is 44.1 Å². The summed E-state index contributed by atoms with van der Waals surface area (Å²) >= 11 is 0. The second-order valence-electron chi connectivity index (χ2n) is 13.7. The summed E-state index contributed by atoms with van der Waals surface area (Å²) in [7, 11) is 0. The minimum atomic E-state index is -1.12. The zero-order chi connectivity index (χ0) is 25.9. The molecule has 36 heavy (non-hydrogen) atoms. The SMILES string of the molecule is CC(C)CC(N)(C(=O)OO)C1CCC2(C)C(CCC3C2CCC2(C)C(c4ccc(=O)oc4)CCC32)C1. The van der Waals surface area contributed by atoms with Crippen molar-refractivity contribution >= 4 is 5.97 Å². The summed E-state index contributed by atoms with van der Waals surface area (Å²) in [5, 5.41) is 9.23. The normalized spacial score (nSPS) is 41.6. The third-order valence-electron chi connectivity index (χ3n) is 11.7. The maximum absolute atomic E-state index is 12.6. The van der Waals surface area contributed by atoms with Gasteiger partial charge in [0.2, 0.25) is 0 Å². The van der Waals surface area contributed by atoms with Crippen LogP contribution in [-0.4, -0.2) is 16.8 Å². The van der Waals surface area contributed by atoms with Crippen LogP contribution >= 0.6 is 0 Å². The molecule has 1 heterocycles. The first-order valence-corrected chi connectivity index (χ1v) is 14.3. The van der Waals surface area contributed by atoms with Gasteiger partial charge in [-0.25, -0.2) is 9.59 Å². The Morgan fingerprint density at radius 1 is 1.11 bits per heavy atom. The number of hydrogen-bond donors (Lipinski definition) is 2. The lowest BCUT2D eigenvalue weighted by Crippen LogP contribution is -2.60. The van der Waals surface area contributed by atoms with Gasteiger partial charge in [-0.2, -0.15) is 5.26 Å². The highest BCUT2D eigenvalue weighted by atomic mass is 17.1. The molecule has 6 heteroatoms. The average molecular weight is 500 g/mol. The minimum Gasteiger partial charge on any atom is -0.431 e. The molecule has 1 aromatic heterocycles. The molecule has 0 spiro atoms. The van der Waals surface area contributed by atoms with Crippen LogP contribution in [0.3, 0.4) is 0 Å². The van der Waals surface area contributed by atoms with Gasteiger partial charge in [0.15, 0.2) is 0 Å². The van der Waals surface area contributed by atoms with Gasteiger partial charge < -0.3 is 10.2 Å². The van der Waals surface area contributed by atoms with Crippen molar-refractivity contribution in [3.8, 4) is 0 Å². The zero-order valence-corrected chi connectivity index (χ0v) is 22.5. The van der Waals surface area contributed by atoms with Gasteiger partial charge in [0.1, 0.15) is 5.54 Å². The quantitative estimate of drug-likeness (QED) is 0.372. The minimum absolute atomic E-state index is 0.0478. The van der Waals surface area contributed by atoms with E-state index in [4.69, 9.17) is 10.2 Å². The molecule has 6 nitrogen and oxygen atoms in total. The molecule has 5 rings (SSSR count). The molecule has 1 aromatic rings. The summed E-state index contributed by atoms with van der Waals surface area (Å²) in [4.78, 5) is 28.4. The van der Waals surface area contributed by atoms with Crippen LogP contribution in [0.5, 0.6) is 0 Å². The van der Waals surface area contributed by atoms with E-state index in [9.17, 15) is 14.8 Å². The summed E-state index contributed by atoms with van der Waals surface area (Å²) in [5.74, 6) is 2.82. The Bertz CT molecular complexity index is 1020. The predicted octanol–water partition coefficient (Wildman–Crippen LogP) is 6.14. The van der Waals surface area contributed by atoms with E-state index in [0.717, 1.165) is 25.2 Å². The molecule has 3 N–H and O–H groups in total. The van der Waals surface area contributed by atoms with Crippen molar-refractivity contribution in [1.82, 2.24) is 0 Å². The Kier molecular flexibility index (Phi) is 6.68. The Balaban J connectivity index is 1.35. The van der Waals surface area contributed by atoms with E-state index in [0.29, 0.717) is 30.1 Å². The summed E-state index contributed by atoms with van der Waals surface area (Å²) in [6.45, 7) is 9.16. The van der Waals surface area contributed by atoms with Crippen LogP contribution in [0.2, 0.25) is 0 Å². The fraction of sp³-hybridized carbons (Fsp3) is 0.800. The second-order valence-corrected chi connectivity index (χ2v) is 13.7. The Hall–Kier alpha value is -1.66. The highest BCUT2D eigenvalue weighted by Gasteiger charge is 2.61. The number of nitrogens with two attached hydrogens (primary N) is 1. The number of fused-ring (bicyclic) bond motifs is 5. The summed E-state index contributed by atoms with van der Waals surface area (Å²) < 4.78 is 5.26. The lowest BCUT2D eigenvalue weighted by Gasteiger charge is -2.62. The molecule has 9 atom stereocenters. The molecule has 0 amide bonds. The van der Waals surface area contributed by atoms with Crippen molar-refractivity contribution in [2.75, 3.05) is 0 Å². The zero-order valence-electron chi connectivity index (χ0n) is 22.5. The lowest BCUT2D eigenvalue weighted by molar-refractivity contribution is -0.244. The smallest absolute Gasteiger partial charge is 0.361 e. The van der Waals surface area contributed by atoms with E-state index in [1.54, 1.807) is 12.3 Å². The number of hydrogen-bond acceptors (Lipinski definition) is 6. The van der Waals surface area contributed by atoms with E-state index in [1.807, 2.05) is 6.07 Å². The van der Waals surface area contributed by atoms with Gasteiger partial charge in [0.05, 0.1) is 6.26 Å². The lowest BCUT2D eigenvalue weighted by atomic mass is 9.43. The van der Waals surface area contributed by atoms with Crippen molar-refractivity contribution in [2.45, 2.75) is 103 Å². The van der Waals surface area contributed by atoms with Crippen molar-refractivity contribution in [3.63, 3.8) is 0 Å². The van der Waals surface area contributed by atoms with Gasteiger partial charge in [-0.3, -0.25) is 4.89 Å². The third-order valence-corrected chi connectivity index (χ3v) is 11.7. The van der Waals surface area contributed by atoms with Crippen molar-refractivity contribution in [3.05, 3.63) is 34.4 Å². The fourth-order valence-electron chi connectivity index (χ4n) is 10.0. The van der Waals surface area contributed by atoms with Crippen LogP contribution in [0.4, 0.5) is 0 Å². The first kappa shape index (κ1) is 26.0. The molecule has 200 valence electrons. The van der Waals surface area contributed by atoms with Gasteiger partial charge in [-0.1, -0.05) is 27.7 Å². The molecule has 4 fully saturated rings. The summed E-state index contributed by atoms with van der Waals surface area (Å²) in [5.41, 5.74) is 7.07. The molecule has 0 radical (unpaired) electrons. The highest BCUT2D eigenvalue weighted by molar-refractivity contribution is 5.80. The Morgan fingerprint density at radius 2 is 1.83 bits per heavy atom. The van der Waals surface area contributed by atoms with E-state index < -0.39 is 11.5 Å². The highest BCUT2D eigenvalue weighted by Crippen LogP contribution is 2.69. The number of rotatable bonds is 5. The van der Waals surface area contributed by atoms with Gasteiger partial charge >= 0.3 is 11.6 Å². The number of carbonyl (C=O) groups excluding carboxylic acids is 1. The van der Waals surface area contributed by atoms with Crippen molar-refractivity contribution in [2.24, 2.45) is 52.1 Å². The molecular weight excluding hydrogens is 454 g/mol. The average Bonchev–Trinajstić information content (AvgIpc) is 3.20. The molecule has 0 aromatic carbocycles. The van der Waals surface area contributed by atoms with Crippen LogP contribution in [0.15, 0.2) is 27.6 Å². The van der Waals surface area contributed by atoms with Crippen LogP contribution in [0.1, 0.15) is 103 Å². The van der Waals surface area contributed by atoms with Gasteiger partial charge in [-0.05, 0) is 128 Å². The van der Waals surface area contributed by atoms with Gasteiger partial charge in [0.25, 0.3) is 0 Å². The van der Waals surface area contributed by atoms with Gasteiger partial charge in [-0.15, -0.1) is 0 Å². The molecule has 0 aliphatic heterocycles. The topological polar surface area (TPSA) is 103 Å². The first-order valence-electron chi connectivity index (χ1n) is 14.3. The molecule has 4 saturated carbocycles. The standard InChI is InChI=1S/C30H45NO5/c1-18(2)16-30(31,27(33)36-34)21-11-13-28(3)20(15-21)6-7-22-24-9-8-23(19-5-10-26(32)35-17-19)29(24,4)14-12-25(22)28/h5,10,17-18,20-25,34H,6-9,11-16,31H2,1-4H3. The van der Waals surface area contributed by atoms with Crippen molar-refractivity contribution in [1.29, 1.82) is 0 Å². The molecule has 0 saturated heterocycles. The maximum atomic E-state index is 12.6. The van der Waals surface area contributed by atoms with Crippen LogP contribution in [-0.2, 0) is 9.68 Å². The Labute approximate surface area is 215 Å². The largest absolute Gasteiger partial charge is 0.431 e. The number of carbonyl (C=O) groups is 1. The molecular formula is C30H45NO5. The third kappa shape index (κ3) is 3.98. The Morgan fingerprint density at radius 3 is 2.50 bits per heavy atom. The van der Waals surface area contributed by atoms with E-state index in [-0.39, 0.29) is 28.3 Å². The monoisotopic (exact) mass is 499 g/mol. The van der Waals surface area contributed by atoms with Gasteiger partial charge in [0, 0.05) is 6.07 Å².